The van der Waals surface area contributed by atoms with Crippen molar-refractivity contribution in [2.24, 2.45) is 0 Å². The van der Waals surface area contributed by atoms with Crippen molar-refractivity contribution in [1.82, 2.24) is 14.7 Å². The van der Waals surface area contributed by atoms with E-state index in [1.165, 1.54) is 11.0 Å². The van der Waals surface area contributed by atoms with E-state index in [9.17, 15) is 13.6 Å². The number of fused-ring (bicyclic) bond motifs is 1. The van der Waals surface area contributed by atoms with Crippen LogP contribution in [0.1, 0.15) is 48.6 Å². The number of aromatic nitrogens is 3. The summed E-state index contributed by atoms with van der Waals surface area (Å²) in [7, 11) is 1.70. The second kappa shape index (κ2) is 8.95. The molecule has 6 rings (SSSR count). The number of imidazole rings is 1. The van der Waals surface area contributed by atoms with Crippen molar-refractivity contribution in [2.75, 3.05) is 18.6 Å². The second-order valence-electron chi connectivity index (χ2n) is 9.61. The molecular formula is C27H26F2N4O4. The monoisotopic (exact) mass is 508 g/mol. The fourth-order valence-corrected chi connectivity index (χ4v) is 5.48. The Morgan fingerprint density at radius 2 is 1.89 bits per heavy atom. The van der Waals surface area contributed by atoms with Gasteiger partial charge in [0.1, 0.15) is 17.6 Å². The van der Waals surface area contributed by atoms with E-state index in [1.807, 2.05) is 32.0 Å². The number of nitrogens with zero attached hydrogens (tertiary/aromatic N) is 4. The number of carbonyl (C=O) groups excluding carboxylic acids is 1. The minimum absolute atomic E-state index is 0.125. The van der Waals surface area contributed by atoms with Gasteiger partial charge in [-0.2, -0.15) is 0 Å². The van der Waals surface area contributed by atoms with Gasteiger partial charge in [0.15, 0.2) is 11.6 Å². The Bertz CT molecular complexity index is 1490. The first-order valence-corrected chi connectivity index (χ1v) is 12.2. The molecule has 10 heteroatoms. The average Bonchev–Trinajstić information content (AvgIpc) is 3.39. The van der Waals surface area contributed by atoms with E-state index in [1.54, 1.807) is 7.11 Å². The van der Waals surface area contributed by atoms with Crippen molar-refractivity contribution in [2.45, 2.75) is 51.3 Å². The minimum Gasteiger partial charge on any atom is -0.449 e. The molecule has 8 nitrogen and oxygen atoms in total. The second-order valence-corrected chi connectivity index (χ2v) is 9.61. The zero-order chi connectivity index (χ0) is 25.8. The highest BCUT2D eigenvalue weighted by molar-refractivity contribution is 5.90. The lowest BCUT2D eigenvalue weighted by Gasteiger charge is -2.39. The van der Waals surface area contributed by atoms with Gasteiger partial charge in [0.05, 0.1) is 35.1 Å². The lowest BCUT2D eigenvalue weighted by atomic mass is 9.88. The van der Waals surface area contributed by atoms with Crippen LogP contribution in [0.15, 0.2) is 40.9 Å². The highest BCUT2D eigenvalue weighted by atomic mass is 19.2. The summed E-state index contributed by atoms with van der Waals surface area (Å²) < 4.78 is 46.2. The number of halogens is 2. The summed E-state index contributed by atoms with van der Waals surface area (Å²) in [5, 5.41) is 4.07. The third kappa shape index (κ3) is 3.87. The molecule has 2 fully saturated rings. The number of methoxy groups -OCH3 is 1. The van der Waals surface area contributed by atoms with Gasteiger partial charge in [-0.3, -0.25) is 4.90 Å². The molecule has 2 aliphatic rings. The lowest BCUT2D eigenvalue weighted by molar-refractivity contribution is 0.00598. The van der Waals surface area contributed by atoms with Crippen molar-refractivity contribution >= 4 is 22.8 Å². The summed E-state index contributed by atoms with van der Waals surface area (Å²) >= 11 is 0. The topological polar surface area (TPSA) is 82.6 Å². The molecule has 1 amide bonds. The van der Waals surface area contributed by atoms with Crippen molar-refractivity contribution < 1.29 is 27.6 Å². The maximum Gasteiger partial charge on any atom is 0.414 e. The van der Waals surface area contributed by atoms with Gasteiger partial charge in [0.2, 0.25) is 0 Å². The normalized spacial score (nSPS) is 21.8. The molecular weight excluding hydrogens is 482 g/mol. The molecule has 37 heavy (non-hydrogen) atoms. The van der Waals surface area contributed by atoms with E-state index in [-0.39, 0.29) is 24.4 Å². The van der Waals surface area contributed by atoms with E-state index in [2.05, 4.69) is 9.72 Å². The fourth-order valence-electron chi connectivity index (χ4n) is 5.48. The number of carbonyl (C=O) groups is 1. The van der Waals surface area contributed by atoms with Crippen LogP contribution in [-0.4, -0.2) is 40.6 Å². The molecule has 4 aromatic rings. The van der Waals surface area contributed by atoms with Crippen LogP contribution in [0.3, 0.4) is 0 Å². The first kappa shape index (κ1) is 23.6. The van der Waals surface area contributed by atoms with E-state index in [0.29, 0.717) is 12.2 Å². The highest BCUT2D eigenvalue weighted by Gasteiger charge is 2.40. The van der Waals surface area contributed by atoms with Crippen LogP contribution >= 0.6 is 0 Å². The molecule has 1 unspecified atom stereocenters. The maximum absolute atomic E-state index is 14.2. The van der Waals surface area contributed by atoms with Gasteiger partial charge in [-0.05, 0) is 56.5 Å². The van der Waals surface area contributed by atoms with Crippen LogP contribution < -0.4 is 4.90 Å². The lowest BCUT2D eigenvalue weighted by Crippen LogP contribution is -2.43. The molecule has 1 saturated heterocycles. The molecule has 1 saturated carbocycles. The standard InChI is InChI=1S/C27H26F2N4O4/c1-14-25(15(2)37-31-14)16-4-7-23-22(10-16)30-26(32(23)18-11-19(12-18)35-3)24-8-9-36-27(34)33(24)17-5-6-20(28)21(29)13-17/h4-7,10,13,18-19,24H,8-9,11-12H2,1-3H3/t18-,19-,24?. The summed E-state index contributed by atoms with van der Waals surface area (Å²) in [4.78, 5) is 19.3. The number of ether oxygens (including phenoxy) is 2. The van der Waals surface area contributed by atoms with Gasteiger partial charge >= 0.3 is 6.09 Å². The van der Waals surface area contributed by atoms with Gasteiger partial charge in [-0.25, -0.2) is 18.6 Å². The number of aryl methyl sites for hydroxylation is 2. The molecule has 0 radical (unpaired) electrons. The van der Waals surface area contributed by atoms with Crippen LogP contribution in [0, 0.1) is 25.5 Å². The maximum atomic E-state index is 14.2. The number of anilines is 1. The Labute approximate surface area is 211 Å². The third-order valence-corrected chi connectivity index (χ3v) is 7.41. The predicted octanol–water partition coefficient (Wildman–Crippen LogP) is 6.02. The van der Waals surface area contributed by atoms with Crippen LogP contribution in [0.4, 0.5) is 19.3 Å². The van der Waals surface area contributed by atoms with Gasteiger partial charge in [-0.1, -0.05) is 11.2 Å². The average molecular weight is 509 g/mol. The molecule has 0 N–H and O–H groups in total. The molecule has 0 bridgehead atoms. The Kier molecular flexibility index (Phi) is 5.71. The number of hydrogen-bond donors (Lipinski definition) is 0. The zero-order valence-electron chi connectivity index (χ0n) is 20.7. The number of rotatable bonds is 5. The molecule has 0 spiro atoms. The van der Waals surface area contributed by atoms with E-state index in [0.717, 1.165) is 58.6 Å². The Hall–Kier alpha value is -3.79. The molecule has 3 heterocycles. The molecule has 192 valence electrons. The van der Waals surface area contributed by atoms with Gasteiger partial charge in [0, 0.05) is 31.2 Å². The van der Waals surface area contributed by atoms with Crippen molar-refractivity contribution in [3.63, 3.8) is 0 Å². The summed E-state index contributed by atoms with van der Waals surface area (Å²) in [6.07, 6.45) is 1.59. The largest absolute Gasteiger partial charge is 0.449 e. The Balaban J connectivity index is 1.50. The summed E-state index contributed by atoms with van der Waals surface area (Å²) in [5.74, 6) is -0.621. The Morgan fingerprint density at radius 1 is 1.08 bits per heavy atom. The van der Waals surface area contributed by atoms with E-state index >= 15 is 0 Å². The first-order chi connectivity index (χ1) is 17.9. The molecule has 1 aliphatic heterocycles. The zero-order valence-corrected chi connectivity index (χ0v) is 20.7. The van der Waals surface area contributed by atoms with Crippen molar-refractivity contribution in [3.05, 3.63) is 65.3 Å². The SMILES string of the molecule is CO[C@H]1C[C@H](n2c(C3CCOC(=O)N3c3ccc(F)c(F)c3)nc3cc(-c4c(C)noc4C)ccc32)C1. The molecule has 1 atom stereocenters. The van der Waals surface area contributed by atoms with Crippen molar-refractivity contribution in [1.29, 1.82) is 0 Å². The van der Waals surface area contributed by atoms with Crippen molar-refractivity contribution in [3.8, 4) is 11.1 Å². The first-order valence-electron chi connectivity index (χ1n) is 12.2. The van der Waals surface area contributed by atoms with Gasteiger partial charge < -0.3 is 18.6 Å². The number of benzene rings is 2. The number of hydrogen-bond acceptors (Lipinski definition) is 6. The summed E-state index contributed by atoms with van der Waals surface area (Å²) in [5.41, 5.74) is 4.55. The highest BCUT2D eigenvalue weighted by Crippen LogP contribution is 2.43. The van der Waals surface area contributed by atoms with Gasteiger partial charge in [-0.15, -0.1) is 0 Å². The van der Waals surface area contributed by atoms with E-state index in [4.69, 9.17) is 19.0 Å². The van der Waals surface area contributed by atoms with Crippen LogP contribution in [-0.2, 0) is 9.47 Å². The van der Waals surface area contributed by atoms with Gasteiger partial charge in [0.25, 0.3) is 0 Å². The van der Waals surface area contributed by atoms with Crippen LogP contribution in [0.25, 0.3) is 22.2 Å². The summed E-state index contributed by atoms with van der Waals surface area (Å²) in [6, 6.07) is 9.05. The molecule has 2 aromatic heterocycles. The summed E-state index contributed by atoms with van der Waals surface area (Å²) in [6.45, 7) is 3.96. The Morgan fingerprint density at radius 3 is 2.59 bits per heavy atom. The molecule has 1 aliphatic carbocycles. The van der Waals surface area contributed by atoms with E-state index < -0.39 is 23.8 Å². The quantitative estimate of drug-likeness (QED) is 0.328. The predicted molar refractivity (Wildman–Crippen MR) is 131 cm³/mol. The number of cyclic esters (lactones) is 1. The molecule has 2 aromatic carbocycles. The number of amides is 1. The van der Waals surface area contributed by atoms with Crippen LogP contribution in [0.2, 0.25) is 0 Å². The third-order valence-electron chi connectivity index (χ3n) is 7.41. The minimum atomic E-state index is -1.03. The van der Waals surface area contributed by atoms with Crippen LogP contribution in [0.5, 0.6) is 0 Å². The fraction of sp³-hybridized carbons (Fsp3) is 0.370. The smallest absolute Gasteiger partial charge is 0.414 e.